The highest BCUT2D eigenvalue weighted by molar-refractivity contribution is 5.96. The van der Waals surface area contributed by atoms with Crippen LogP contribution in [0.2, 0.25) is 0 Å². The molecule has 9 heteroatoms. The Morgan fingerprint density at radius 2 is 1.69 bits per heavy atom. The van der Waals surface area contributed by atoms with Crippen LogP contribution >= 0.6 is 0 Å². The van der Waals surface area contributed by atoms with Crippen molar-refractivity contribution in [2.24, 2.45) is 22.7 Å². The van der Waals surface area contributed by atoms with Crippen molar-refractivity contribution in [3.63, 3.8) is 0 Å². The lowest BCUT2D eigenvalue weighted by Gasteiger charge is -2.59. The van der Waals surface area contributed by atoms with E-state index in [0.717, 1.165) is 36.1 Å². The molecular formula is C40H40N2O7. The van der Waals surface area contributed by atoms with Gasteiger partial charge in [-0.05, 0) is 91.1 Å². The fourth-order valence-electron chi connectivity index (χ4n) is 7.78. The average Bonchev–Trinajstić information content (AvgIpc) is 3.47. The van der Waals surface area contributed by atoms with Gasteiger partial charge in [-0.3, -0.25) is 9.97 Å². The van der Waals surface area contributed by atoms with E-state index in [1.807, 2.05) is 30.3 Å². The molecule has 49 heavy (non-hydrogen) atoms. The topological polar surface area (TPSA) is 114 Å². The zero-order valence-electron chi connectivity index (χ0n) is 28.0. The Kier molecular flexibility index (Phi) is 9.62. The molecule has 0 unspecified atom stereocenters. The van der Waals surface area contributed by atoms with E-state index < -0.39 is 29.4 Å². The summed E-state index contributed by atoms with van der Waals surface area (Å²) >= 11 is 0. The Labute approximate surface area is 286 Å². The van der Waals surface area contributed by atoms with Crippen molar-refractivity contribution in [1.29, 1.82) is 0 Å². The maximum Gasteiger partial charge on any atom is 0.343 e. The maximum absolute atomic E-state index is 13.3. The highest BCUT2D eigenvalue weighted by Crippen LogP contribution is 2.62. The maximum atomic E-state index is 13.3. The number of esters is 3. The molecule has 2 fully saturated rings. The number of methoxy groups -OCH3 is 1. The van der Waals surface area contributed by atoms with Crippen LogP contribution in [0, 0.1) is 22.7 Å². The Morgan fingerprint density at radius 3 is 2.35 bits per heavy atom. The summed E-state index contributed by atoms with van der Waals surface area (Å²) in [6, 6.07) is 14.2. The fraction of sp³-hybridized carbons (Fsp3) is 0.325. The summed E-state index contributed by atoms with van der Waals surface area (Å²) in [4.78, 5) is 47.4. The number of pyridine rings is 2. The second kappa shape index (κ2) is 14.0. The molecular weight excluding hydrogens is 620 g/mol. The smallest absolute Gasteiger partial charge is 0.343 e. The molecule has 1 aromatic carbocycles. The molecule has 0 spiro atoms. The van der Waals surface area contributed by atoms with Crippen molar-refractivity contribution in [3.05, 3.63) is 132 Å². The van der Waals surface area contributed by atoms with Crippen LogP contribution in [0.3, 0.4) is 0 Å². The normalized spacial score (nSPS) is 27.3. The molecule has 3 aromatic rings. The van der Waals surface area contributed by atoms with Gasteiger partial charge < -0.3 is 18.9 Å². The Morgan fingerprint density at radius 1 is 1.00 bits per heavy atom. The van der Waals surface area contributed by atoms with Gasteiger partial charge in [-0.15, -0.1) is 0 Å². The number of ether oxygens (including phenoxy) is 4. The van der Waals surface area contributed by atoms with Crippen LogP contribution in [0.5, 0.6) is 5.75 Å². The number of fused-ring (bicyclic) bond motifs is 1. The van der Waals surface area contributed by atoms with Crippen molar-refractivity contribution in [3.8, 4) is 5.75 Å². The van der Waals surface area contributed by atoms with Gasteiger partial charge >= 0.3 is 17.9 Å². The highest BCUT2D eigenvalue weighted by atomic mass is 16.6. The van der Waals surface area contributed by atoms with Gasteiger partial charge in [0.1, 0.15) is 24.2 Å². The summed E-state index contributed by atoms with van der Waals surface area (Å²) in [7, 11) is 1.61. The van der Waals surface area contributed by atoms with Gasteiger partial charge in [0.25, 0.3) is 0 Å². The summed E-state index contributed by atoms with van der Waals surface area (Å²) in [6.07, 6.45) is 15.9. The molecule has 9 nitrogen and oxygen atoms in total. The van der Waals surface area contributed by atoms with E-state index in [1.54, 1.807) is 55.9 Å². The van der Waals surface area contributed by atoms with Crippen LogP contribution in [0.4, 0.5) is 0 Å². The van der Waals surface area contributed by atoms with Crippen molar-refractivity contribution < 1.29 is 33.3 Å². The minimum atomic E-state index is -0.727. The zero-order chi connectivity index (χ0) is 34.6. The van der Waals surface area contributed by atoms with E-state index >= 15 is 0 Å². The van der Waals surface area contributed by atoms with Gasteiger partial charge in [-0.25, -0.2) is 14.4 Å². The molecule has 3 heterocycles. The van der Waals surface area contributed by atoms with E-state index in [-0.39, 0.29) is 23.9 Å². The first kappa shape index (κ1) is 33.6. The van der Waals surface area contributed by atoms with Crippen LogP contribution in [-0.2, 0) is 19.0 Å². The number of carbonyl (C=O) groups is 3. The Bertz CT molecular complexity index is 1820. The van der Waals surface area contributed by atoms with Gasteiger partial charge in [-0.2, -0.15) is 0 Å². The first-order valence-corrected chi connectivity index (χ1v) is 16.4. The molecule has 2 saturated carbocycles. The largest absolute Gasteiger partial charge is 0.497 e. The van der Waals surface area contributed by atoms with E-state index in [2.05, 4.69) is 36.5 Å². The van der Waals surface area contributed by atoms with Gasteiger partial charge in [0.2, 0.25) is 0 Å². The van der Waals surface area contributed by atoms with Crippen LogP contribution in [0.1, 0.15) is 65.8 Å². The minimum absolute atomic E-state index is 0.0164. The molecule has 2 aliphatic carbocycles. The van der Waals surface area contributed by atoms with E-state index in [9.17, 15) is 14.4 Å². The molecule has 0 bridgehead atoms. The summed E-state index contributed by atoms with van der Waals surface area (Å²) in [6.45, 7) is 8.78. The van der Waals surface area contributed by atoms with Gasteiger partial charge in [0, 0.05) is 36.1 Å². The minimum Gasteiger partial charge on any atom is -0.497 e. The summed E-state index contributed by atoms with van der Waals surface area (Å²) in [5.41, 5.74) is 2.05. The third-order valence-corrected chi connectivity index (χ3v) is 10.4. The average molecular weight is 661 g/mol. The molecule has 0 N–H and O–H groups in total. The molecule has 3 aliphatic rings. The number of carbonyl (C=O) groups excluding carboxylic acids is 3. The number of allylic oxidation sites excluding steroid dienone is 3. The predicted molar refractivity (Wildman–Crippen MR) is 183 cm³/mol. The molecule has 1 aliphatic heterocycles. The standard InChI is InChI=1S/C40H40N2O7/c1-26-9-16-34-39(2,33(26)15-12-28-22-32(48-37(28)44)21-27-10-13-31(46-4)14-11-27)18-17-35(49-38(45)30-8-6-20-42-24-30)40(34,3)25-47-36(43)29-7-5-19-41-23-29/h5-8,10-15,19-24,33-35H,1,9,16-18,25H2,2-4H3/b15-12+,32-21+/t33-,34+,35-,39+,40+/m1/s1. The number of hydrogen-bond donors (Lipinski definition) is 0. The molecule has 252 valence electrons. The third-order valence-electron chi connectivity index (χ3n) is 10.4. The SMILES string of the molecule is C=C1CC[C@@H]2[C@](C)(COC(=O)c3cccnc3)[C@H](OC(=O)c3cccnc3)CC[C@@]2(C)[C@@H]1/C=C/C1=CC(=C\c2ccc(OC)cc2)/OC1=O. The Hall–Kier alpha value is -5.31. The van der Waals surface area contributed by atoms with E-state index in [4.69, 9.17) is 18.9 Å². The number of rotatable bonds is 9. The predicted octanol–water partition coefficient (Wildman–Crippen LogP) is 7.34. The number of nitrogens with zero attached hydrogens (tertiary/aromatic N) is 2. The van der Waals surface area contributed by atoms with Gasteiger partial charge in [0.15, 0.2) is 0 Å². The monoisotopic (exact) mass is 660 g/mol. The summed E-state index contributed by atoms with van der Waals surface area (Å²) < 4.78 is 23.0. The molecule has 0 amide bonds. The fourth-order valence-corrected chi connectivity index (χ4v) is 7.78. The lowest BCUT2D eigenvalue weighted by Crippen LogP contribution is -2.58. The van der Waals surface area contributed by atoms with Crippen LogP contribution < -0.4 is 4.74 Å². The van der Waals surface area contributed by atoms with Crippen LogP contribution in [0.15, 0.2) is 115 Å². The van der Waals surface area contributed by atoms with Crippen molar-refractivity contribution in [1.82, 2.24) is 9.97 Å². The first-order chi connectivity index (χ1) is 23.6. The second-order valence-corrected chi connectivity index (χ2v) is 13.4. The zero-order valence-corrected chi connectivity index (χ0v) is 28.0. The molecule has 0 saturated heterocycles. The van der Waals surface area contributed by atoms with Crippen molar-refractivity contribution >= 4 is 24.0 Å². The molecule has 0 radical (unpaired) electrons. The lowest BCUT2D eigenvalue weighted by molar-refractivity contribution is -0.150. The summed E-state index contributed by atoms with van der Waals surface area (Å²) in [5.74, 6) is -0.269. The third kappa shape index (κ3) is 6.97. The van der Waals surface area contributed by atoms with Crippen LogP contribution in [-0.4, -0.2) is 47.7 Å². The van der Waals surface area contributed by atoms with Crippen molar-refractivity contribution in [2.75, 3.05) is 13.7 Å². The second-order valence-electron chi connectivity index (χ2n) is 13.4. The number of hydrogen-bond acceptors (Lipinski definition) is 9. The van der Waals surface area contributed by atoms with Gasteiger partial charge in [0.05, 0.1) is 23.8 Å². The quantitative estimate of drug-likeness (QED) is 0.132. The summed E-state index contributed by atoms with van der Waals surface area (Å²) in [5, 5.41) is 0. The number of benzene rings is 1. The lowest BCUT2D eigenvalue weighted by atomic mass is 9.46. The van der Waals surface area contributed by atoms with E-state index in [0.29, 0.717) is 28.9 Å². The van der Waals surface area contributed by atoms with Gasteiger partial charge in [-0.1, -0.05) is 50.3 Å². The number of aromatic nitrogens is 2. The molecule has 6 rings (SSSR count). The molecule has 2 aromatic heterocycles. The van der Waals surface area contributed by atoms with Crippen molar-refractivity contribution in [2.45, 2.75) is 45.6 Å². The molecule has 5 atom stereocenters. The Balaban J connectivity index is 1.27. The first-order valence-electron chi connectivity index (χ1n) is 16.4. The number of cyclic esters (lactones) is 1. The van der Waals surface area contributed by atoms with E-state index in [1.165, 1.54) is 12.4 Å². The van der Waals surface area contributed by atoms with Crippen LogP contribution in [0.25, 0.3) is 6.08 Å². The highest BCUT2D eigenvalue weighted by Gasteiger charge is 2.59.